The van der Waals surface area contributed by atoms with Gasteiger partial charge in [0.05, 0.1) is 5.56 Å². The van der Waals surface area contributed by atoms with Crippen LogP contribution in [-0.4, -0.2) is 5.91 Å². The normalized spacial score (nSPS) is 9.47. The van der Waals surface area contributed by atoms with Crippen LogP contribution in [-0.2, 0) is 0 Å². The molecule has 0 atom stereocenters. The first-order chi connectivity index (χ1) is 8.90. The maximum absolute atomic E-state index is 10.7. The predicted octanol–water partition coefficient (Wildman–Crippen LogP) is 4.61. The molecule has 19 heavy (non-hydrogen) atoms. The summed E-state index contributed by atoms with van der Waals surface area (Å²) in [7, 11) is 0. The number of hydrogen-bond donors (Lipinski definition) is 1. The lowest BCUT2D eigenvalue weighted by atomic mass is 10.2. The first-order valence-corrected chi connectivity index (χ1v) is 7.27. The Hall–Kier alpha value is -1.13. The number of carbonyl (C=O) groups excluding carboxylic acids is 1. The van der Waals surface area contributed by atoms with Crippen molar-refractivity contribution in [2.45, 2.75) is 13.8 Å². The number of halogens is 2. The second-order valence-electron chi connectivity index (χ2n) is 4.14. The summed E-state index contributed by atoms with van der Waals surface area (Å²) in [5.74, 6) is -0.432. The first kappa shape index (κ1) is 15.9. The summed E-state index contributed by atoms with van der Waals surface area (Å²) in [5, 5.41) is 0. The summed E-state index contributed by atoms with van der Waals surface area (Å²) >= 11 is 6.45. The van der Waals surface area contributed by atoms with E-state index in [1.807, 2.05) is 6.07 Å². The van der Waals surface area contributed by atoms with Gasteiger partial charge in [0, 0.05) is 8.95 Å². The quantitative estimate of drug-likeness (QED) is 0.766. The van der Waals surface area contributed by atoms with E-state index in [0.717, 1.165) is 4.47 Å². The maximum Gasteiger partial charge on any atom is 0.249 e. The van der Waals surface area contributed by atoms with Gasteiger partial charge in [-0.15, -0.1) is 0 Å². The predicted molar refractivity (Wildman–Crippen MR) is 86.3 cm³/mol. The molecule has 100 valence electrons. The Bertz CT molecular complexity index is 544. The molecular formula is C15H15Br2NO. The molecule has 1 amide bonds. The van der Waals surface area contributed by atoms with Gasteiger partial charge in [0.2, 0.25) is 5.91 Å². The minimum Gasteiger partial charge on any atom is -0.366 e. The molecule has 0 saturated heterocycles. The van der Waals surface area contributed by atoms with E-state index in [4.69, 9.17) is 5.73 Å². The number of primary amides is 1. The molecule has 2 rings (SSSR count). The van der Waals surface area contributed by atoms with Crippen molar-refractivity contribution in [3.8, 4) is 0 Å². The fourth-order valence-corrected chi connectivity index (χ4v) is 2.13. The fraction of sp³-hybridized carbons (Fsp3) is 0.133. The molecule has 0 heterocycles. The van der Waals surface area contributed by atoms with Gasteiger partial charge >= 0.3 is 0 Å². The summed E-state index contributed by atoms with van der Waals surface area (Å²) in [6.07, 6.45) is 0. The number of amides is 1. The van der Waals surface area contributed by atoms with Crippen LogP contribution in [0.5, 0.6) is 0 Å². The van der Waals surface area contributed by atoms with Crippen molar-refractivity contribution in [1.82, 2.24) is 0 Å². The van der Waals surface area contributed by atoms with Crippen LogP contribution in [0.2, 0.25) is 0 Å². The van der Waals surface area contributed by atoms with E-state index in [-0.39, 0.29) is 0 Å². The standard InChI is InChI=1S/C8H10.C7H5Br2NO/c1-7-3-5-8(2)6-4-7;8-4-1-2-6(9)5(3-4)7(10)11/h3-6H,1-2H3;1-3H,(H2,10,11). The van der Waals surface area contributed by atoms with Crippen molar-refractivity contribution < 1.29 is 4.79 Å². The van der Waals surface area contributed by atoms with E-state index in [9.17, 15) is 4.79 Å². The van der Waals surface area contributed by atoms with E-state index in [0.29, 0.717) is 10.0 Å². The van der Waals surface area contributed by atoms with Crippen LogP contribution < -0.4 is 5.73 Å². The van der Waals surface area contributed by atoms with Crippen LogP contribution in [0.1, 0.15) is 21.5 Å². The van der Waals surface area contributed by atoms with Crippen LogP contribution in [0, 0.1) is 13.8 Å². The van der Waals surface area contributed by atoms with Crippen LogP contribution in [0.4, 0.5) is 0 Å². The number of aryl methyl sites for hydroxylation is 2. The summed E-state index contributed by atoms with van der Waals surface area (Å²) in [4.78, 5) is 10.7. The van der Waals surface area contributed by atoms with Crippen molar-refractivity contribution in [2.24, 2.45) is 5.73 Å². The Balaban J connectivity index is 0.000000200. The van der Waals surface area contributed by atoms with Gasteiger partial charge in [-0.1, -0.05) is 51.3 Å². The van der Waals surface area contributed by atoms with Crippen LogP contribution in [0.3, 0.4) is 0 Å². The average Bonchev–Trinajstić information content (AvgIpc) is 2.36. The second-order valence-corrected chi connectivity index (χ2v) is 5.91. The second kappa shape index (κ2) is 7.46. The highest BCUT2D eigenvalue weighted by Crippen LogP contribution is 2.20. The third kappa shape index (κ3) is 5.57. The highest BCUT2D eigenvalue weighted by Gasteiger charge is 2.05. The van der Waals surface area contributed by atoms with Crippen LogP contribution in [0.15, 0.2) is 51.4 Å². The highest BCUT2D eigenvalue weighted by atomic mass is 79.9. The van der Waals surface area contributed by atoms with Crippen LogP contribution >= 0.6 is 31.9 Å². The zero-order chi connectivity index (χ0) is 14.4. The van der Waals surface area contributed by atoms with Crippen molar-refractivity contribution >= 4 is 37.8 Å². The molecule has 0 fully saturated rings. The Labute approximate surface area is 130 Å². The summed E-state index contributed by atoms with van der Waals surface area (Å²) in [5.41, 5.74) is 8.24. The summed E-state index contributed by atoms with van der Waals surface area (Å²) < 4.78 is 1.56. The summed E-state index contributed by atoms with van der Waals surface area (Å²) in [6.45, 7) is 4.19. The van der Waals surface area contributed by atoms with Crippen molar-refractivity contribution in [3.05, 3.63) is 68.1 Å². The third-order valence-corrected chi connectivity index (χ3v) is 3.60. The Morgan fingerprint density at radius 3 is 1.79 bits per heavy atom. The molecule has 0 radical (unpaired) electrons. The molecule has 0 bridgehead atoms. The van der Waals surface area contributed by atoms with Gasteiger partial charge in [0.1, 0.15) is 0 Å². The molecule has 0 spiro atoms. The lowest BCUT2D eigenvalue weighted by molar-refractivity contribution is 0.0999. The van der Waals surface area contributed by atoms with Gasteiger partial charge < -0.3 is 5.73 Å². The Kier molecular flexibility index (Phi) is 6.25. The lowest BCUT2D eigenvalue weighted by Crippen LogP contribution is -2.11. The van der Waals surface area contributed by atoms with Crippen molar-refractivity contribution in [1.29, 1.82) is 0 Å². The molecule has 0 unspecified atom stereocenters. The van der Waals surface area contributed by atoms with E-state index in [1.54, 1.807) is 12.1 Å². The number of hydrogen-bond acceptors (Lipinski definition) is 1. The molecule has 2 nitrogen and oxygen atoms in total. The SMILES string of the molecule is Cc1ccc(C)cc1.NC(=O)c1cc(Br)ccc1Br. The molecule has 2 N–H and O–H groups in total. The molecule has 0 saturated carbocycles. The number of nitrogens with two attached hydrogens (primary N) is 1. The topological polar surface area (TPSA) is 43.1 Å². The highest BCUT2D eigenvalue weighted by molar-refractivity contribution is 9.11. The van der Waals surface area contributed by atoms with Gasteiger partial charge in [-0.3, -0.25) is 4.79 Å². The van der Waals surface area contributed by atoms with E-state index < -0.39 is 5.91 Å². The Morgan fingerprint density at radius 2 is 1.42 bits per heavy atom. The molecule has 0 aliphatic heterocycles. The zero-order valence-corrected chi connectivity index (χ0v) is 14.0. The van der Waals surface area contributed by atoms with Gasteiger partial charge in [0.25, 0.3) is 0 Å². The van der Waals surface area contributed by atoms with Gasteiger partial charge in [0.15, 0.2) is 0 Å². The van der Waals surface area contributed by atoms with Crippen molar-refractivity contribution in [2.75, 3.05) is 0 Å². The molecule has 2 aromatic carbocycles. The third-order valence-electron chi connectivity index (χ3n) is 2.41. The van der Waals surface area contributed by atoms with Gasteiger partial charge in [-0.25, -0.2) is 0 Å². The fourth-order valence-electron chi connectivity index (χ4n) is 1.32. The molecule has 2 aromatic rings. The van der Waals surface area contributed by atoms with Gasteiger partial charge in [-0.2, -0.15) is 0 Å². The summed E-state index contributed by atoms with van der Waals surface area (Å²) in [6, 6.07) is 13.8. The average molecular weight is 385 g/mol. The molecule has 0 aliphatic carbocycles. The molecule has 4 heteroatoms. The molecule has 0 aromatic heterocycles. The zero-order valence-electron chi connectivity index (χ0n) is 10.8. The molecule has 0 aliphatic rings. The minimum atomic E-state index is -0.432. The minimum absolute atomic E-state index is 0.432. The number of carbonyl (C=O) groups is 1. The van der Waals surface area contributed by atoms with Gasteiger partial charge in [-0.05, 0) is 48.0 Å². The Morgan fingerprint density at radius 1 is 0.947 bits per heavy atom. The maximum atomic E-state index is 10.7. The monoisotopic (exact) mass is 383 g/mol. The lowest BCUT2D eigenvalue weighted by Gasteiger charge is -1.98. The first-order valence-electron chi connectivity index (χ1n) is 5.68. The molecular weight excluding hydrogens is 370 g/mol. The van der Waals surface area contributed by atoms with Crippen molar-refractivity contribution in [3.63, 3.8) is 0 Å². The van der Waals surface area contributed by atoms with E-state index in [2.05, 4.69) is 70.0 Å². The smallest absolute Gasteiger partial charge is 0.249 e. The number of benzene rings is 2. The largest absolute Gasteiger partial charge is 0.366 e. The number of rotatable bonds is 1. The van der Waals surface area contributed by atoms with E-state index >= 15 is 0 Å². The van der Waals surface area contributed by atoms with E-state index in [1.165, 1.54) is 11.1 Å². The van der Waals surface area contributed by atoms with Crippen LogP contribution in [0.25, 0.3) is 0 Å².